The molecule has 0 aliphatic heterocycles. The van der Waals surface area contributed by atoms with Crippen LogP contribution in [0.3, 0.4) is 0 Å². The molecule has 20 heavy (non-hydrogen) atoms. The number of benzene rings is 1. The number of aliphatic carboxylic acids is 1. The Morgan fingerprint density at radius 1 is 1.50 bits per heavy atom. The molecule has 1 heterocycles. The van der Waals surface area contributed by atoms with Gasteiger partial charge in [0.15, 0.2) is 0 Å². The summed E-state index contributed by atoms with van der Waals surface area (Å²) in [6.07, 6.45) is 3.18. The first-order valence-corrected chi connectivity index (χ1v) is 7.01. The van der Waals surface area contributed by atoms with E-state index in [1.54, 1.807) is 7.11 Å². The van der Waals surface area contributed by atoms with E-state index in [-0.39, 0.29) is 12.3 Å². The molecule has 2 aromatic rings. The molecule has 0 amide bonds. The summed E-state index contributed by atoms with van der Waals surface area (Å²) in [7, 11) is 1.67. The molecule has 0 radical (unpaired) electrons. The number of aromatic nitrogens is 1. The molecule has 1 aliphatic carbocycles. The first kappa shape index (κ1) is 13.0. The zero-order valence-corrected chi connectivity index (χ0v) is 11.8. The molecular weight excluding hydrogens is 254 g/mol. The van der Waals surface area contributed by atoms with Gasteiger partial charge in [-0.15, -0.1) is 0 Å². The SMILES string of the molecule is COc1ccc(C)c2c3c([nH]c12)CCCC3CC(=O)O. The van der Waals surface area contributed by atoms with Crippen molar-refractivity contribution < 1.29 is 14.6 Å². The highest BCUT2D eigenvalue weighted by molar-refractivity contribution is 5.93. The van der Waals surface area contributed by atoms with Crippen LogP contribution in [0.4, 0.5) is 0 Å². The number of H-pyrrole nitrogens is 1. The maximum absolute atomic E-state index is 11.1. The summed E-state index contributed by atoms with van der Waals surface area (Å²) in [6.45, 7) is 2.07. The van der Waals surface area contributed by atoms with E-state index in [9.17, 15) is 4.79 Å². The number of aryl methyl sites for hydroxylation is 2. The van der Waals surface area contributed by atoms with Crippen LogP contribution in [0.5, 0.6) is 5.75 Å². The second kappa shape index (κ2) is 4.85. The summed E-state index contributed by atoms with van der Waals surface area (Å²) in [4.78, 5) is 14.6. The predicted octanol–water partition coefficient (Wildman–Crippen LogP) is 3.38. The molecule has 0 saturated carbocycles. The van der Waals surface area contributed by atoms with Gasteiger partial charge < -0.3 is 14.8 Å². The Labute approximate surface area is 117 Å². The van der Waals surface area contributed by atoms with Crippen molar-refractivity contribution in [1.82, 2.24) is 4.98 Å². The van der Waals surface area contributed by atoms with Crippen LogP contribution in [0.25, 0.3) is 10.9 Å². The van der Waals surface area contributed by atoms with Gasteiger partial charge in [0.05, 0.1) is 19.0 Å². The Hall–Kier alpha value is -1.97. The van der Waals surface area contributed by atoms with Crippen LogP contribution in [0.2, 0.25) is 0 Å². The number of aromatic amines is 1. The molecule has 0 bridgehead atoms. The zero-order valence-electron chi connectivity index (χ0n) is 11.8. The summed E-state index contributed by atoms with van der Waals surface area (Å²) in [5.41, 5.74) is 4.57. The molecule has 0 spiro atoms. The average molecular weight is 273 g/mol. The highest BCUT2D eigenvalue weighted by atomic mass is 16.5. The fourth-order valence-corrected chi connectivity index (χ4v) is 3.43. The Morgan fingerprint density at radius 2 is 2.30 bits per heavy atom. The number of hydrogen-bond acceptors (Lipinski definition) is 2. The van der Waals surface area contributed by atoms with E-state index >= 15 is 0 Å². The maximum atomic E-state index is 11.1. The van der Waals surface area contributed by atoms with Gasteiger partial charge in [0, 0.05) is 11.1 Å². The van der Waals surface area contributed by atoms with Gasteiger partial charge in [0.2, 0.25) is 0 Å². The maximum Gasteiger partial charge on any atom is 0.303 e. The van der Waals surface area contributed by atoms with Gasteiger partial charge in [-0.3, -0.25) is 4.79 Å². The number of carboxylic acid groups (broad SMARTS) is 1. The number of methoxy groups -OCH3 is 1. The van der Waals surface area contributed by atoms with Gasteiger partial charge in [-0.25, -0.2) is 0 Å². The van der Waals surface area contributed by atoms with E-state index in [0.717, 1.165) is 35.9 Å². The minimum absolute atomic E-state index is 0.107. The van der Waals surface area contributed by atoms with E-state index in [1.165, 1.54) is 16.8 Å². The molecule has 1 unspecified atom stereocenters. The lowest BCUT2D eigenvalue weighted by molar-refractivity contribution is -0.137. The number of fused-ring (bicyclic) bond motifs is 3. The molecular formula is C16H19NO3. The number of rotatable bonds is 3. The lowest BCUT2D eigenvalue weighted by Gasteiger charge is -2.22. The molecule has 1 aromatic heterocycles. The van der Waals surface area contributed by atoms with Crippen LogP contribution >= 0.6 is 0 Å². The molecule has 1 aliphatic rings. The monoisotopic (exact) mass is 273 g/mol. The quantitative estimate of drug-likeness (QED) is 0.901. The van der Waals surface area contributed by atoms with Crippen molar-refractivity contribution in [1.29, 1.82) is 0 Å². The van der Waals surface area contributed by atoms with E-state index in [2.05, 4.69) is 11.9 Å². The Kier molecular flexibility index (Phi) is 3.16. The van der Waals surface area contributed by atoms with Crippen LogP contribution in [-0.4, -0.2) is 23.2 Å². The third-order valence-corrected chi connectivity index (χ3v) is 4.27. The largest absolute Gasteiger partial charge is 0.495 e. The fourth-order valence-electron chi connectivity index (χ4n) is 3.43. The Morgan fingerprint density at radius 3 is 3.00 bits per heavy atom. The van der Waals surface area contributed by atoms with Gasteiger partial charge >= 0.3 is 5.97 Å². The summed E-state index contributed by atoms with van der Waals surface area (Å²) in [5.74, 6) is 0.211. The van der Waals surface area contributed by atoms with Crippen LogP contribution in [0.1, 0.15) is 42.0 Å². The Balaban J connectivity index is 2.24. The topological polar surface area (TPSA) is 62.3 Å². The van der Waals surface area contributed by atoms with E-state index in [0.29, 0.717) is 0 Å². The smallest absolute Gasteiger partial charge is 0.303 e. The van der Waals surface area contributed by atoms with Gasteiger partial charge in [-0.05, 0) is 49.3 Å². The van der Waals surface area contributed by atoms with Gasteiger partial charge in [0.25, 0.3) is 0 Å². The molecule has 0 saturated heterocycles. The van der Waals surface area contributed by atoms with Crippen LogP contribution in [0, 0.1) is 6.92 Å². The summed E-state index contributed by atoms with van der Waals surface area (Å²) >= 11 is 0. The van der Waals surface area contributed by atoms with Crippen molar-refractivity contribution in [2.24, 2.45) is 0 Å². The molecule has 106 valence electrons. The standard InChI is InChI=1S/C16H19NO3/c1-9-6-7-12(20-2)16-14(9)15-10(8-13(18)19)4-3-5-11(15)17-16/h6-7,10,17H,3-5,8H2,1-2H3,(H,18,19). The lowest BCUT2D eigenvalue weighted by Crippen LogP contribution is -2.12. The van der Waals surface area contributed by atoms with Crippen molar-refractivity contribution in [2.75, 3.05) is 7.11 Å². The molecule has 2 N–H and O–H groups in total. The molecule has 1 aromatic carbocycles. The summed E-state index contributed by atoms with van der Waals surface area (Å²) < 4.78 is 5.43. The second-order valence-corrected chi connectivity index (χ2v) is 5.54. The summed E-state index contributed by atoms with van der Waals surface area (Å²) in [6, 6.07) is 4.01. The third-order valence-electron chi connectivity index (χ3n) is 4.27. The predicted molar refractivity (Wildman–Crippen MR) is 77.5 cm³/mol. The summed E-state index contributed by atoms with van der Waals surface area (Å²) in [5, 5.41) is 10.3. The lowest BCUT2D eigenvalue weighted by atomic mass is 9.82. The average Bonchev–Trinajstić information content (AvgIpc) is 2.80. The van der Waals surface area contributed by atoms with Crippen LogP contribution in [-0.2, 0) is 11.2 Å². The fraction of sp³-hybridized carbons (Fsp3) is 0.438. The van der Waals surface area contributed by atoms with E-state index in [4.69, 9.17) is 9.84 Å². The van der Waals surface area contributed by atoms with Gasteiger partial charge in [-0.2, -0.15) is 0 Å². The number of carboxylic acids is 1. The molecule has 3 rings (SSSR count). The van der Waals surface area contributed by atoms with Crippen molar-refractivity contribution in [3.05, 3.63) is 29.0 Å². The molecule has 4 nitrogen and oxygen atoms in total. The number of ether oxygens (including phenoxy) is 1. The van der Waals surface area contributed by atoms with Gasteiger partial charge in [-0.1, -0.05) is 6.07 Å². The molecule has 4 heteroatoms. The Bertz CT molecular complexity index is 672. The number of nitrogens with one attached hydrogen (secondary N) is 1. The molecule has 0 fully saturated rings. The first-order chi connectivity index (χ1) is 9.61. The van der Waals surface area contributed by atoms with E-state index < -0.39 is 5.97 Å². The normalized spacial score (nSPS) is 18.0. The minimum Gasteiger partial charge on any atom is -0.495 e. The van der Waals surface area contributed by atoms with Crippen LogP contribution in [0.15, 0.2) is 12.1 Å². The van der Waals surface area contributed by atoms with Gasteiger partial charge in [0.1, 0.15) is 5.75 Å². The van der Waals surface area contributed by atoms with Crippen molar-refractivity contribution >= 4 is 16.9 Å². The second-order valence-electron chi connectivity index (χ2n) is 5.54. The number of carbonyl (C=O) groups is 1. The zero-order chi connectivity index (χ0) is 14.3. The van der Waals surface area contributed by atoms with Crippen molar-refractivity contribution in [3.8, 4) is 5.75 Å². The minimum atomic E-state index is -0.724. The third kappa shape index (κ3) is 1.96. The first-order valence-electron chi connectivity index (χ1n) is 7.01. The van der Waals surface area contributed by atoms with Crippen LogP contribution < -0.4 is 4.74 Å². The molecule has 1 atom stereocenters. The highest BCUT2D eigenvalue weighted by Crippen LogP contribution is 2.42. The number of hydrogen-bond donors (Lipinski definition) is 2. The van der Waals surface area contributed by atoms with E-state index in [1.807, 2.05) is 12.1 Å². The van der Waals surface area contributed by atoms with Crippen molar-refractivity contribution in [2.45, 2.75) is 38.5 Å². The highest BCUT2D eigenvalue weighted by Gasteiger charge is 2.28. The van der Waals surface area contributed by atoms with Crippen molar-refractivity contribution in [3.63, 3.8) is 0 Å².